The summed E-state index contributed by atoms with van der Waals surface area (Å²) in [6.07, 6.45) is 3.46. The molecule has 2 amide bonds. The smallest absolute Gasteiger partial charge is 0.255 e. The molecule has 0 spiro atoms. The maximum Gasteiger partial charge on any atom is 0.255 e. The Morgan fingerprint density at radius 2 is 1.78 bits per heavy atom. The molecule has 0 bridgehead atoms. The molecule has 0 atom stereocenters. The fourth-order valence-corrected chi connectivity index (χ4v) is 3.74. The average molecular weight is 499 g/mol. The highest BCUT2D eigenvalue weighted by molar-refractivity contribution is 5.95. The quantitative estimate of drug-likeness (QED) is 0.348. The number of hydrogen-bond donors (Lipinski definition) is 2. The van der Waals surface area contributed by atoms with Gasteiger partial charge in [-0.05, 0) is 49.6 Å². The zero-order chi connectivity index (χ0) is 26.1. The van der Waals surface area contributed by atoms with Gasteiger partial charge in [-0.25, -0.2) is 4.39 Å². The number of benzene rings is 2. The van der Waals surface area contributed by atoms with Gasteiger partial charge in [0.15, 0.2) is 18.1 Å². The van der Waals surface area contributed by atoms with Crippen molar-refractivity contribution >= 4 is 11.8 Å². The van der Waals surface area contributed by atoms with E-state index in [1.807, 2.05) is 12.1 Å². The number of amides is 2. The van der Waals surface area contributed by atoms with Gasteiger partial charge in [-0.1, -0.05) is 18.6 Å². The highest BCUT2D eigenvalue weighted by atomic mass is 19.1. The normalized spacial score (nSPS) is 10.7. The molecule has 2 aromatic carbocycles. The third-order valence-electron chi connectivity index (χ3n) is 5.60. The number of hydrogen-bond acceptors (Lipinski definition) is 6. The van der Waals surface area contributed by atoms with Gasteiger partial charge in [0.25, 0.3) is 11.8 Å². The number of unbranched alkanes of at least 4 members (excludes halogenated alkanes) is 2. The summed E-state index contributed by atoms with van der Waals surface area (Å²) in [6.45, 7) is 0.228. The summed E-state index contributed by atoms with van der Waals surface area (Å²) in [5.74, 6) is -0.383. The first-order valence-electron chi connectivity index (χ1n) is 11.5. The summed E-state index contributed by atoms with van der Waals surface area (Å²) in [5.41, 5.74) is 7.96. The van der Waals surface area contributed by atoms with Crippen LogP contribution in [0.4, 0.5) is 4.39 Å². The van der Waals surface area contributed by atoms with Crippen LogP contribution in [0.1, 0.15) is 35.3 Å². The Morgan fingerprint density at radius 3 is 2.42 bits per heavy atom. The Labute approximate surface area is 209 Å². The number of nitrogens with two attached hydrogens (primary N) is 1. The number of nitrogens with one attached hydrogen (secondary N) is 1. The highest BCUT2D eigenvalue weighted by Gasteiger charge is 2.20. The molecule has 1 aromatic heterocycles. The van der Waals surface area contributed by atoms with Gasteiger partial charge in [0.1, 0.15) is 5.82 Å². The number of carbonyl (C=O) groups excluding carboxylic acids is 2. The lowest BCUT2D eigenvalue weighted by atomic mass is 10.1. The van der Waals surface area contributed by atoms with Crippen LogP contribution in [0.25, 0.3) is 11.3 Å². The van der Waals surface area contributed by atoms with E-state index >= 15 is 0 Å². The van der Waals surface area contributed by atoms with E-state index in [2.05, 4.69) is 10.2 Å². The van der Waals surface area contributed by atoms with E-state index in [-0.39, 0.29) is 35.6 Å². The molecule has 0 radical (unpaired) electrons. The largest absolute Gasteiger partial charge is 0.493 e. The standard InChI is InChI=1S/C26H31FN4O5/c1-31(26(33)18-13-22(34-2)25(23(14-18)35-3)36-16-24(28)32)11-6-4-5-10-20-15-21(30-29-20)17-8-7-9-19(27)12-17/h7-9,12-15H,4-6,10-11,16H2,1-3H3,(H2,28,32)(H,29,30). The number of ether oxygens (including phenoxy) is 3. The van der Waals surface area contributed by atoms with Crippen molar-refractivity contribution in [1.82, 2.24) is 15.1 Å². The second-order valence-corrected chi connectivity index (χ2v) is 8.29. The maximum atomic E-state index is 13.4. The number of halogens is 1. The summed E-state index contributed by atoms with van der Waals surface area (Å²) in [6, 6.07) is 11.4. The number of methoxy groups -OCH3 is 2. The van der Waals surface area contributed by atoms with E-state index in [9.17, 15) is 14.0 Å². The van der Waals surface area contributed by atoms with Crippen LogP contribution >= 0.6 is 0 Å². The maximum absolute atomic E-state index is 13.4. The van der Waals surface area contributed by atoms with E-state index in [1.54, 1.807) is 30.1 Å². The van der Waals surface area contributed by atoms with Gasteiger partial charge in [0.2, 0.25) is 5.75 Å². The predicted octanol–water partition coefficient (Wildman–Crippen LogP) is 3.58. The minimum Gasteiger partial charge on any atom is -0.493 e. The molecule has 192 valence electrons. The Morgan fingerprint density at radius 1 is 1.06 bits per heavy atom. The Bertz CT molecular complexity index is 1170. The van der Waals surface area contributed by atoms with Crippen LogP contribution < -0.4 is 19.9 Å². The molecular weight excluding hydrogens is 467 g/mol. The molecule has 9 nitrogen and oxygen atoms in total. The lowest BCUT2D eigenvalue weighted by molar-refractivity contribution is -0.120. The van der Waals surface area contributed by atoms with Gasteiger partial charge < -0.3 is 24.8 Å². The number of H-pyrrole nitrogens is 1. The zero-order valence-corrected chi connectivity index (χ0v) is 20.7. The molecule has 0 saturated heterocycles. The number of aromatic amines is 1. The fourth-order valence-electron chi connectivity index (χ4n) is 3.74. The predicted molar refractivity (Wildman–Crippen MR) is 133 cm³/mol. The molecule has 0 aliphatic rings. The minimum atomic E-state index is -0.640. The van der Waals surface area contributed by atoms with E-state index in [1.165, 1.54) is 26.4 Å². The van der Waals surface area contributed by atoms with Crippen LogP contribution in [0.2, 0.25) is 0 Å². The molecule has 0 saturated carbocycles. The van der Waals surface area contributed by atoms with Crippen molar-refractivity contribution in [3.8, 4) is 28.5 Å². The third-order valence-corrected chi connectivity index (χ3v) is 5.60. The van der Waals surface area contributed by atoms with Crippen molar-refractivity contribution in [2.45, 2.75) is 25.7 Å². The number of nitrogens with zero attached hydrogens (tertiary/aromatic N) is 2. The lowest BCUT2D eigenvalue weighted by Crippen LogP contribution is -2.28. The van der Waals surface area contributed by atoms with Crippen molar-refractivity contribution in [1.29, 1.82) is 0 Å². The summed E-state index contributed by atoms with van der Waals surface area (Å²) < 4.78 is 29.5. The van der Waals surface area contributed by atoms with Crippen molar-refractivity contribution < 1.29 is 28.2 Å². The van der Waals surface area contributed by atoms with Gasteiger partial charge in [0.05, 0.1) is 19.9 Å². The van der Waals surface area contributed by atoms with Crippen LogP contribution in [0, 0.1) is 5.82 Å². The fraction of sp³-hybridized carbons (Fsp3) is 0.346. The number of rotatable bonds is 13. The number of aryl methyl sites for hydroxylation is 1. The van der Waals surface area contributed by atoms with Gasteiger partial charge >= 0.3 is 0 Å². The van der Waals surface area contributed by atoms with E-state index < -0.39 is 5.91 Å². The zero-order valence-electron chi connectivity index (χ0n) is 20.7. The van der Waals surface area contributed by atoms with Crippen LogP contribution in [0.3, 0.4) is 0 Å². The first-order valence-corrected chi connectivity index (χ1v) is 11.5. The molecule has 0 fully saturated rings. The van der Waals surface area contributed by atoms with Gasteiger partial charge in [-0.2, -0.15) is 5.10 Å². The van der Waals surface area contributed by atoms with Crippen LogP contribution in [-0.4, -0.2) is 61.3 Å². The van der Waals surface area contributed by atoms with Gasteiger partial charge in [-0.3, -0.25) is 14.7 Å². The monoisotopic (exact) mass is 498 g/mol. The van der Waals surface area contributed by atoms with E-state index in [0.29, 0.717) is 17.8 Å². The number of primary amides is 1. The van der Waals surface area contributed by atoms with E-state index in [0.717, 1.165) is 36.9 Å². The third kappa shape index (κ3) is 6.97. The van der Waals surface area contributed by atoms with E-state index in [4.69, 9.17) is 19.9 Å². The number of carbonyl (C=O) groups is 2. The number of aromatic nitrogens is 2. The molecule has 0 aliphatic carbocycles. The van der Waals surface area contributed by atoms with Crippen LogP contribution in [0.15, 0.2) is 42.5 Å². The van der Waals surface area contributed by atoms with Crippen molar-refractivity contribution in [2.24, 2.45) is 5.73 Å². The van der Waals surface area contributed by atoms with Crippen molar-refractivity contribution in [3.63, 3.8) is 0 Å². The van der Waals surface area contributed by atoms with Gasteiger partial charge in [0, 0.05) is 30.4 Å². The summed E-state index contributed by atoms with van der Waals surface area (Å²) in [5, 5.41) is 7.28. The molecule has 0 aliphatic heterocycles. The van der Waals surface area contributed by atoms with Crippen LogP contribution in [0.5, 0.6) is 17.2 Å². The van der Waals surface area contributed by atoms with Crippen LogP contribution in [-0.2, 0) is 11.2 Å². The minimum absolute atomic E-state index is 0.193. The molecule has 0 unspecified atom stereocenters. The molecule has 10 heteroatoms. The summed E-state index contributed by atoms with van der Waals surface area (Å²) in [7, 11) is 4.61. The average Bonchev–Trinajstić information content (AvgIpc) is 3.35. The van der Waals surface area contributed by atoms with Crippen molar-refractivity contribution in [3.05, 3.63) is 59.5 Å². The topological polar surface area (TPSA) is 120 Å². The summed E-state index contributed by atoms with van der Waals surface area (Å²) in [4.78, 5) is 25.7. The molecule has 36 heavy (non-hydrogen) atoms. The summed E-state index contributed by atoms with van der Waals surface area (Å²) >= 11 is 0. The molecular formula is C26H31FN4O5. The Hall–Kier alpha value is -4.08. The highest BCUT2D eigenvalue weighted by Crippen LogP contribution is 2.38. The molecule has 3 rings (SSSR count). The first-order chi connectivity index (χ1) is 17.3. The SMILES string of the molecule is COc1cc(C(=O)N(C)CCCCCc2cc(-c3cccc(F)c3)n[nH]2)cc(OC)c1OCC(N)=O. The second kappa shape index (κ2) is 12.6. The Kier molecular flexibility index (Phi) is 9.26. The Balaban J connectivity index is 1.50. The van der Waals surface area contributed by atoms with Crippen molar-refractivity contribution in [2.75, 3.05) is 34.4 Å². The molecule has 3 aromatic rings. The molecule has 3 N–H and O–H groups in total. The van der Waals surface area contributed by atoms with Gasteiger partial charge in [-0.15, -0.1) is 0 Å². The molecule has 1 heterocycles. The lowest BCUT2D eigenvalue weighted by Gasteiger charge is -2.19. The first kappa shape index (κ1) is 26.5. The second-order valence-electron chi connectivity index (χ2n) is 8.29.